The minimum absolute atomic E-state index is 0.117. The summed E-state index contributed by atoms with van der Waals surface area (Å²) in [4.78, 5) is 9.94. The highest BCUT2D eigenvalue weighted by molar-refractivity contribution is 6.08. The Hall–Kier alpha value is -4.83. The summed E-state index contributed by atoms with van der Waals surface area (Å²) in [5.41, 5.74) is 13.8. The van der Waals surface area contributed by atoms with Crippen molar-refractivity contribution in [3.63, 3.8) is 0 Å². The minimum Gasteiger partial charge on any atom is -0.437 e. The van der Waals surface area contributed by atoms with Crippen LogP contribution in [-0.4, -0.2) is 9.97 Å². The molecule has 2 unspecified atom stereocenters. The highest BCUT2D eigenvalue weighted by atomic mass is 16.3. The van der Waals surface area contributed by atoms with E-state index in [2.05, 4.69) is 109 Å². The molecule has 0 radical (unpaired) electrons. The third-order valence-electron chi connectivity index (χ3n) is 9.16. The number of fused-ring (bicyclic) bond motifs is 4. The second kappa shape index (κ2) is 7.64. The van der Waals surface area contributed by atoms with E-state index in [0.29, 0.717) is 5.71 Å². The van der Waals surface area contributed by atoms with Crippen LogP contribution in [0.15, 0.2) is 95.5 Å². The molecule has 10 rings (SSSR count). The number of furan rings is 1. The van der Waals surface area contributed by atoms with Gasteiger partial charge in [-0.25, -0.2) is 9.97 Å². The lowest BCUT2D eigenvalue weighted by molar-refractivity contribution is -0.669. The van der Waals surface area contributed by atoms with Gasteiger partial charge in [-0.3, -0.25) is 0 Å². The van der Waals surface area contributed by atoms with Gasteiger partial charge in [0.2, 0.25) is 17.1 Å². The molecule has 190 valence electrons. The zero-order valence-corrected chi connectivity index (χ0v) is 22.6. The summed E-state index contributed by atoms with van der Waals surface area (Å²) in [6, 6.07) is 30.9. The number of nitrogens with zero attached hydrogens (tertiary/aromatic N) is 3. The van der Waals surface area contributed by atoms with Crippen molar-refractivity contribution in [2.75, 3.05) is 0 Å². The lowest BCUT2D eigenvalue weighted by atomic mass is 9.63. The van der Waals surface area contributed by atoms with E-state index in [1.807, 2.05) is 13.0 Å². The normalized spacial score (nSPS) is 16.9. The molecule has 4 nitrogen and oxygen atoms in total. The van der Waals surface area contributed by atoms with Crippen LogP contribution in [0.4, 0.5) is 0 Å². The average molecular weight is 517 g/mol. The van der Waals surface area contributed by atoms with Gasteiger partial charge in [-0.1, -0.05) is 60.7 Å². The van der Waals surface area contributed by atoms with E-state index in [4.69, 9.17) is 9.40 Å². The van der Waals surface area contributed by atoms with Gasteiger partial charge < -0.3 is 4.42 Å². The fraction of sp³-hybridized carbons (Fsp3) is 0.139. The Morgan fingerprint density at radius 2 is 1.40 bits per heavy atom. The largest absolute Gasteiger partial charge is 0.437 e. The monoisotopic (exact) mass is 516 g/mol. The molecule has 3 heterocycles. The summed E-state index contributed by atoms with van der Waals surface area (Å²) in [5.74, 6) is 0.235. The van der Waals surface area contributed by atoms with E-state index in [0.717, 1.165) is 44.6 Å². The number of benzene rings is 4. The third kappa shape index (κ3) is 2.73. The molecule has 2 atom stereocenters. The van der Waals surface area contributed by atoms with E-state index in [1.54, 1.807) is 0 Å². The first kappa shape index (κ1) is 22.0. The summed E-state index contributed by atoms with van der Waals surface area (Å²) in [6.45, 7) is 4.16. The number of aromatic nitrogens is 3. The van der Waals surface area contributed by atoms with Crippen molar-refractivity contribution in [2.24, 2.45) is 7.05 Å². The molecule has 7 aromatic rings. The van der Waals surface area contributed by atoms with Crippen LogP contribution in [0.25, 0.3) is 44.1 Å². The molecule has 40 heavy (non-hydrogen) atoms. The van der Waals surface area contributed by atoms with Gasteiger partial charge in [-0.15, -0.1) is 0 Å². The molecule has 0 spiro atoms. The van der Waals surface area contributed by atoms with Crippen molar-refractivity contribution in [1.29, 1.82) is 0 Å². The Kier molecular flexibility index (Phi) is 4.21. The molecule has 0 saturated heterocycles. The molecule has 2 bridgehead atoms. The van der Waals surface area contributed by atoms with Crippen LogP contribution in [-0.2, 0) is 7.05 Å². The molecular weight excluding hydrogens is 490 g/mol. The Morgan fingerprint density at radius 1 is 0.725 bits per heavy atom. The van der Waals surface area contributed by atoms with Crippen LogP contribution < -0.4 is 4.57 Å². The topological polar surface area (TPSA) is 42.8 Å². The van der Waals surface area contributed by atoms with Gasteiger partial charge in [0.25, 0.3) is 0 Å². The maximum absolute atomic E-state index is 6.47. The van der Waals surface area contributed by atoms with Crippen molar-refractivity contribution < 1.29 is 8.98 Å². The van der Waals surface area contributed by atoms with Crippen LogP contribution in [0, 0.1) is 13.8 Å². The van der Waals surface area contributed by atoms with Crippen molar-refractivity contribution in [2.45, 2.75) is 25.7 Å². The smallest absolute Gasteiger partial charge is 0.235 e. The van der Waals surface area contributed by atoms with Crippen molar-refractivity contribution in [3.8, 4) is 11.3 Å². The predicted octanol–water partition coefficient (Wildman–Crippen LogP) is 7.62. The zero-order valence-electron chi connectivity index (χ0n) is 22.6. The third-order valence-corrected chi connectivity index (χ3v) is 9.16. The molecule has 4 heteroatoms. The van der Waals surface area contributed by atoms with Gasteiger partial charge >= 0.3 is 0 Å². The molecular formula is C36H26N3O+. The molecule has 3 aliphatic rings. The summed E-state index contributed by atoms with van der Waals surface area (Å²) in [7, 11) is 2.20. The first-order valence-electron chi connectivity index (χ1n) is 13.9. The van der Waals surface area contributed by atoms with Crippen LogP contribution >= 0.6 is 0 Å². The van der Waals surface area contributed by atoms with Crippen LogP contribution in [0.1, 0.15) is 56.7 Å². The number of aryl methyl sites for hydroxylation is 2. The SMILES string of the molecule is Cc1ccc2c(n1)oc1c(-c3cnc4c([n+]3C)C3c5ccccc5C4c4cc5ccccc5cc43)c(C)ccc12. The standard InChI is InChI=1S/C36H26N3O/c1-19-12-14-25-26-15-13-20(2)38-36(26)40-35(25)30(19)29-18-37-33-31-23-10-6-7-11-24(23)32(34(33)39(29)3)28-17-22-9-5-4-8-21(22)16-27(28)31/h4-18,31-32H,1-3H3/q+1. The van der Waals surface area contributed by atoms with Gasteiger partial charge in [-0.2, -0.15) is 4.57 Å². The van der Waals surface area contributed by atoms with Crippen LogP contribution in [0.3, 0.4) is 0 Å². The van der Waals surface area contributed by atoms with Gasteiger partial charge in [0.05, 0.1) is 23.6 Å². The van der Waals surface area contributed by atoms with E-state index in [1.165, 1.54) is 38.7 Å². The molecule has 0 fully saturated rings. The van der Waals surface area contributed by atoms with Crippen molar-refractivity contribution in [3.05, 3.63) is 136 Å². The number of pyridine rings is 1. The van der Waals surface area contributed by atoms with E-state index in [-0.39, 0.29) is 11.8 Å². The predicted molar refractivity (Wildman–Crippen MR) is 158 cm³/mol. The maximum Gasteiger partial charge on any atom is 0.235 e. The summed E-state index contributed by atoms with van der Waals surface area (Å²) >= 11 is 0. The lowest BCUT2D eigenvalue weighted by Gasteiger charge is -2.39. The van der Waals surface area contributed by atoms with E-state index < -0.39 is 0 Å². The van der Waals surface area contributed by atoms with Crippen molar-refractivity contribution in [1.82, 2.24) is 9.97 Å². The molecule has 0 amide bonds. The summed E-state index contributed by atoms with van der Waals surface area (Å²) < 4.78 is 8.85. The molecule has 3 aromatic heterocycles. The molecule has 0 N–H and O–H groups in total. The first-order valence-corrected chi connectivity index (χ1v) is 13.9. The van der Waals surface area contributed by atoms with Gasteiger partial charge in [-0.05, 0) is 76.7 Å². The highest BCUT2D eigenvalue weighted by Crippen LogP contribution is 2.55. The lowest BCUT2D eigenvalue weighted by Crippen LogP contribution is -2.45. The van der Waals surface area contributed by atoms with Gasteiger partial charge in [0.15, 0.2) is 5.58 Å². The second-order valence-corrected chi connectivity index (χ2v) is 11.3. The maximum atomic E-state index is 6.47. The average Bonchev–Trinajstić information content (AvgIpc) is 3.34. The van der Waals surface area contributed by atoms with Crippen LogP contribution in [0.2, 0.25) is 0 Å². The van der Waals surface area contributed by atoms with Crippen LogP contribution in [0.5, 0.6) is 0 Å². The molecule has 0 aliphatic heterocycles. The van der Waals surface area contributed by atoms with Gasteiger partial charge in [0, 0.05) is 16.5 Å². The number of hydrogen-bond acceptors (Lipinski definition) is 3. The molecule has 4 aromatic carbocycles. The highest BCUT2D eigenvalue weighted by Gasteiger charge is 2.48. The van der Waals surface area contributed by atoms with Gasteiger partial charge in [0.1, 0.15) is 12.7 Å². The quantitative estimate of drug-likeness (QED) is 0.211. The van der Waals surface area contributed by atoms with E-state index in [9.17, 15) is 0 Å². The Labute approximate surface area is 231 Å². The first-order chi connectivity index (χ1) is 19.6. The fourth-order valence-electron chi connectivity index (χ4n) is 7.35. The zero-order chi connectivity index (χ0) is 26.7. The summed E-state index contributed by atoms with van der Waals surface area (Å²) in [6.07, 6.45) is 2.05. The molecule has 0 saturated carbocycles. The Balaban J connectivity index is 1.34. The minimum atomic E-state index is 0.117. The number of hydrogen-bond donors (Lipinski definition) is 0. The Bertz CT molecular complexity index is 2220. The number of rotatable bonds is 1. The van der Waals surface area contributed by atoms with E-state index >= 15 is 0 Å². The second-order valence-electron chi connectivity index (χ2n) is 11.3. The molecule has 3 aliphatic carbocycles. The van der Waals surface area contributed by atoms with Crippen molar-refractivity contribution >= 4 is 32.8 Å². The summed E-state index contributed by atoms with van der Waals surface area (Å²) in [5, 5.41) is 4.70. The fourth-order valence-corrected chi connectivity index (χ4v) is 7.35. The Morgan fingerprint density at radius 3 is 2.17 bits per heavy atom.